The van der Waals surface area contributed by atoms with Crippen LogP contribution in [0.2, 0.25) is 13.3 Å². The van der Waals surface area contributed by atoms with Crippen molar-refractivity contribution in [3.63, 3.8) is 0 Å². The fourth-order valence-electron chi connectivity index (χ4n) is 3.35. The van der Waals surface area contributed by atoms with E-state index >= 15 is 0 Å². The summed E-state index contributed by atoms with van der Waals surface area (Å²) in [4.78, 5) is 0. The van der Waals surface area contributed by atoms with Crippen LogP contribution in [0.4, 0.5) is 0 Å². The molecule has 0 saturated heterocycles. The third-order valence-electron chi connectivity index (χ3n) is 4.73. The van der Waals surface area contributed by atoms with Gasteiger partial charge in [-0.3, -0.25) is 0 Å². The summed E-state index contributed by atoms with van der Waals surface area (Å²) in [6.07, 6.45) is 10.9. The fraction of sp³-hybridized carbons (Fsp3) is 0.789. The predicted octanol–water partition coefficient (Wildman–Crippen LogP) is 5.32. The average Bonchev–Trinajstić information content (AvgIpc) is 2.60. The maximum absolute atomic E-state index is 6.01. The zero-order valence-corrected chi connectivity index (χ0v) is 18.6. The molecule has 4 heteroatoms. The van der Waals surface area contributed by atoms with Crippen molar-refractivity contribution in [2.45, 2.75) is 86.0 Å². The first-order valence-corrected chi connectivity index (χ1v) is 17.2. The molecule has 1 aromatic heterocycles. The van der Waals surface area contributed by atoms with Crippen LogP contribution in [0.3, 0.4) is 0 Å². The van der Waals surface area contributed by atoms with Gasteiger partial charge in [-0.15, -0.1) is 0 Å². The van der Waals surface area contributed by atoms with E-state index in [0.717, 1.165) is 18.9 Å². The van der Waals surface area contributed by atoms with Crippen molar-refractivity contribution in [1.82, 2.24) is 10.2 Å². The number of ether oxygens (including phenoxy) is 1. The molecule has 0 fully saturated rings. The van der Waals surface area contributed by atoms with Gasteiger partial charge in [0.15, 0.2) is 0 Å². The van der Waals surface area contributed by atoms with E-state index in [1.807, 2.05) is 6.20 Å². The second kappa shape index (κ2) is 12.1. The monoisotopic (exact) mass is 428 g/mol. The van der Waals surface area contributed by atoms with Gasteiger partial charge in [0.25, 0.3) is 0 Å². The van der Waals surface area contributed by atoms with Crippen LogP contribution < -0.4 is 8.32 Å². The number of nitrogens with zero attached hydrogens (tertiary/aromatic N) is 2. The first kappa shape index (κ1) is 20.7. The summed E-state index contributed by atoms with van der Waals surface area (Å²) in [5.41, 5.74) is 0. The van der Waals surface area contributed by atoms with Gasteiger partial charge < -0.3 is 0 Å². The molecule has 3 nitrogen and oxygen atoms in total. The van der Waals surface area contributed by atoms with E-state index in [-0.39, 0.29) is 0 Å². The second-order valence-corrected chi connectivity index (χ2v) is 19.8. The molecule has 23 heavy (non-hydrogen) atoms. The van der Waals surface area contributed by atoms with Crippen molar-refractivity contribution in [2.75, 3.05) is 6.61 Å². The number of hydrogen-bond acceptors (Lipinski definition) is 3. The van der Waals surface area contributed by atoms with Gasteiger partial charge in [-0.2, -0.15) is 0 Å². The molecule has 1 aromatic rings. The number of rotatable bonds is 13. The van der Waals surface area contributed by atoms with E-state index in [0.29, 0.717) is 0 Å². The van der Waals surface area contributed by atoms with Crippen molar-refractivity contribution >= 4 is 22.0 Å². The zero-order valence-electron chi connectivity index (χ0n) is 15.7. The molecule has 0 amide bonds. The molecule has 1 heterocycles. The molecule has 0 aliphatic rings. The standard InChI is InChI=1S/C7H9N2O.3C4H9.Sn/c1-2-6-10-7-4-3-5-8-9-7;3*1-3-4-2;/h3,5H,2,6H2,1H3;3*1,3-4H2,2H3;. The van der Waals surface area contributed by atoms with E-state index < -0.39 is 18.4 Å². The van der Waals surface area contributed by atoms with Crippen molar-refractivity contribution in [3.05, 3.63) is 12.3 Å². The van der Waals surface area contributed by atoms with Crippen LogP contribution in [0.15, 0.2) is 12.3 Å². The van der Waals surface area contributed by atoms with Crippen molar-refractivity contribution < 1.29 is 4.74 Å². The van der Waals surface area contributed by atoms with Crippen LogP contribution in [-0.2, 0) is 0 Å². The molecule has 0 aliphatic carbocycles. The van der Waals surface area contributed by atoms with E-state index in [4.69, 9.17) is 4.74 Å². The minimum absolute atomic E-state index is 0.753. The Morgan fingerprint density at radius 3 is 1.91 bits per heavy atom. The third kappa shape index (κ3) is 6.59. The van der Waals surface area contributed by atoms with Gasteiger partial charge >= 0.3 is 148 Å². The Balaban J connectivity index is 3.17. The van der Waals surface area contributed by atoms with Gasteiger partial charge in [0.1, 0.15) is 0 Å². The summed E-state index contributed by atoms with van der Waals surface area (Å²) in [5.74, 6) is 0.869. The van der Waals surface area contributed by atoms with Crippen LogP contribution in [0.5, 0.6) is 5.88 Å². The van der Waals surface area contributed by atoms with Crippen LogP contribution in [-0.4, -0.2) is 35.2 Å². The molecule has 132 valence electrons. The maximum atomic E-state index is 6.01. The summed E-state index contributed by atoms with van der Waals surface area (Å²) in [6, 6.07) is 2.26. The quantitative estimate of drug-likeness (QED) is 0.400. The molecule has 0 radical (unpaired) electrons. The number of aromatic nitrogens is 2. The summed E-state index contributed by atoms with van der Waals surface area (Å²) >= 11 is -2.46. The number of hydrogen-bond donors (Lipinski definition) is 0. The Hall–Kier alpha value is -0.321. The zero-order chi connectivity index (χ0) is 17.0. The molecule has 0 bridgehead atoms. The Morgan fingerprint density at radius 2 is 1.43 bits per heavy atom. The molecule has 0 atom stereocenters. The normalized spacial score (nSPS) is 11.7. The van der Waals surface area contributed by atoms with Crippen molar-refractivity contribution in [2.24, 2.45) is 0 Å². The van der Waals surface area contributed by atoms with E-state index in [1.54, 1.807) is 0 Å². The third-order valence-corrected chi connectivity index (χ3v) is 20.3. The van der Waals surface area contributed by atoms with Crippen molar-refractivity contribution in [3.8, 4) is 5.88 Å². The van der Waals surface area contributed by atoms with Gasteiger partial charge in [0.2, 0.25) is 0 Å². The summed E-state index contributed by atoms with van der Waals surface area (Å²) < 4.78 is 11.9. The SMILES string of the molecule is CCC[CH2][Sn]([CH2]CCC)([CH2]CCC)[c]1ccnnc1OCCC. The summed E-state index contributed by atoms with van der Waals surface area (Å²) in [5, 5.41) is 8.50. The Kier molecular flexibility index (Phi) is 10.9. The Morgan fingerprint density at radius 1 is 0.870 bits per heavy atom. The molecule has 0 spiro atoms. The molecular weight excluding hydrogens is 391 g/mol. The van der Waals surface area contributed by atoms with Crippen molar-refractivity contribution in [1.29, 1.82) is 0 Å². The summed E-state index contributed by atoms with van der Waals surface area (Å²) in [7, 11) is 0. The van der Waals surface area contributed by atoms with E-state index in [1.165, 1.54) is 55.4 Å². The van der Waals surface area contributed by atoms with Gasteiger partial charge in [-0.05, 0) is 0 Å². The van der Waals surface area contributed by atoms with Gasteiger partial charge in [0.05, 0.1) is 0 Å². The molecule has 0 aliphatic heterocycles. The average molecular weight is 427 g/mol. The van der Waals surface area contributed by atoms with E-state index in [9.17, 15) is 0 Å². The Labute approximate surface area is 147 Å². The van der Waals surface area contributed by atoms with Crippen LogP contribution in [0.1, 0.15) is 72.6 Å². The molecule has 0 N–H and O–H groups in total. The number of unbranched alkanes of at least 4 members (excludes halogenated alkanes) is 3. The second-order valence-electron chi connectivity index (χ2n) is 6.69. The topological polar surface area (TPSA) is 35.0 Å². The first-order valence-electron chi connectivity index (χ1n) is 9.69. The molecular formula is C19H36N2OSn. The molecule has 0 aromatic carbocycles. The summed E-state index contributed by atoms with van der Waals surface area (Å²) in [6.45, 7) is 9.85. The predicted molar refractivity (Wildman–Crippen MR) is 102 cm³/mol. The fourth-order valence-corrected chi connectivity index (χ4v) is 19.5. The first-order chi connectivity index (χ1) is 11.2. The van der Waals surface area contributed by atoms with Gasteiger partial charge in [-0.25, -0.2) is 0 Å². The van der Waals surface area contributed by atoms with Gasteiger partial charge in [-0.1, -0.05) is 0 Å². The Bertz CT molecular complexity index is 404. The van der Waals surface area contributed by atoms with Crippen LogP contribution in [0.25, 0.3) is 0 Å². The molecule has 0 saturated carbocycles. The minimum atomic E-state index is -2.46. The van der Waals surface area contributed by atoms with Gasteiger partial charge in [0, 0.05) is 0 Å². The van der Waals surface area contributed by atoms with Crippen LogP contribution in [0, 0.1) is 0 Å². The molecule has 0 unspecified atom stereocenters. The van der Waals surface area contributed by atoms with Crippen LogP contribution >= 0.6 is 0 Å². The van der Waals surface area contributed by atoms with E-state index in [2.05, 4.69) is 44.0 Å². The molecule has 1 rings (SSSR count).